The molecular weight excluding hydrogens is 1010 g/mol. The first kappa shape index (κ1) is 65.2. The van der Waals surface area contributed by atoms with Crippen LogP contribution >= 0.6 is 0 Å². The predicted molar refractivity (Wildman–Crippen MR) is 301 cm³/mol. The number of carbonyl (C=O) groups is 9. The van der Waals surface area contributed by atoms with E-state index in [2.05, 4.69) is 16.0 Å². The van der Waals surface area contributed by atoms with Crippen molar-refractivity contribution in [1.82, 2.24) is 40.4 Å². The Morgan fingerprint density at radius 2 is 1.03 bits per heavy atom. The van der Waals surface area contributed by atoms with Crippen LogP contribution in [0.3, 0.4) is 0 Å². The highest BCUT2D eigenvalue weighted by Gasteiger charge is 2.46. The number of cyclic esters (lactones) is 1. The third kappa shape index (κ3) is 16.4. The average Bonchev–Trinajstić information content (AvgIpc) is 3.95. The molecule has 0 saturated carbocycles. The van der Waals surface area contributed by atoms with Gasteiger partial charge in [-0.3, -0.25) is 38.4 Å². The van der Waals surface area contributed by atoms with Crippen molar-refractivity contribution < 1.29 is 53.0 Å². The third-order valence-electron chi connectivity index (χ3n) is 16.0. The van der Waals surface area contributed by atoms with E-state index in [0.717, 1.165) is 10.5 Å². The SMILES string of the molecule is CC[C@H](C)[C@@H]1NC(=O)[C@@H]2CCCN2C(=O)[C@H](Cc2ccccc2)N(C)C(=O)[C@H](Cc2ccccc2)NC(=O)[C@H](C(C)C)N(C)C(=O)[C@@H]([C@@H](C)CC)OC(=O)[C@H]([C@H](C)CO)N(C)C(=O)[C@H](CC(C)C)NC(=O)[C@H](C(C)C)N(C)C1=O. The summed E-state index contributed by atoms with van der Waals surface area (Å²) in [5, 5.41) is 19.4. The van der Waals surface area contributed by atoms with Gasteiger partial charge in [0.2, 0.25) is 41.4 Å². The zero-order valence-corrected chi connectivity index (χ0v) is 49.6. The maximum Gasteiger partial charge on any atom is 0.330 e. The maximum absolute atomic E-state index is 15.3. The minimum Gasteiger partial charge on any atom is -0.450 e. The molecule has 0 aromatic heterocycles. The molecule has 2 aromatic rings. The van der Waals surface area contributed by atoms with Crippen LogP contribution in [0.5, 0.6) is 0 Å². The quantitative estimate of drug-likeness (QED) is 0.196. The molecular formula is C60H92N8O11. The van der Waals surface area contributed by atoms with Gasteiger partial charge in [-0.25, -0.2) is 4.79 Å². The second-order valence-electron chi connectivity index (χ2n) is 23.2. The molecule has 4 rings (SSSR count). The van der Waals surface area contributed by atoms with Gasteiger partial charge < -0.3 is 50.3 Å². The van der Waals surface area contributed by atoms with Gasteiger partial charge in [-0.15, -0.1) is 0 Å². The number of fused-ring (bicyclic) bond motifs is 1. The number of aliphatic hydroxyl groups is 1. The molecule has 19 heteroatoms. The second-order valence-corrected chi connectivity index (χ2v) is 23.2. The number of nitrogens with zero attached hydrogens (tertiary/aromatic N) is 5. The lowest BCUT2D eigenvalue weighted by Crippen LogP contribution is -2.62. The molecule has 2 aromatic carbocycles. The molecule has 0 bridgehead atoms. The average molecular weight is 1100 g/mol. The van der Waals surface area contributed by atoms with Crippen molar-refractivity contribution in [3.8, 4) is 0 Å². The Morgan fingerprint density at radius 3 is 1.52 bits per heavy atom. The van der Waals surface area contributed by atoms with E-state index in [-0.39, 0.29) is 38.1 Å². The van der Waals surface area contributed by atoms with Gasteiger partial charge in [-0.1, -0.05) is 143 Å². The van der Waals surface area contributed by atoms with Crippen molar-refractivity contribution in [2.24, 2.45) is 35.5 Å². The van der Waals surface area contributed by atoms with Gasteiger partial charge in [0.15, 0.2) is 6.10 Å². The molecule has 0 radical (unpaired) electrons. The van der Waals surface area contributed by atoms with Crippen molar-refractivity contribution in [2.75, 3.05) is 41.3 Å². The van der Waals surface area contributed by atoms with Crippen molar-refractivity contribution in [3.63, 3.8) is 0 Å². The van der Waals surface area contributed by atoms with Gasteiger partial charge in [-0.2, -0.15) is 0 Å². The molecule has 2 saturated heterocycles. The number of ether oxygens (including phenoxy) is 1. The van der Waals surface area contributed by atoms with Crippen LogP contribution in [0.1, 0.15) is 119 Å². The first-order chi connectivity index (χ1) is 37.2. The van der Waals surface area contributed by atoms with E-state index in [1.54, 1.807) is 53.7 Å². The fraction of sp³-hybridized carbons (Fsp3) is 0.650. The molecule has 4 N–H and O–H groups in total. The minimum atomic E-state index is -1.48. The Labute approximate surface area is 469 Å². The molecule has 8 amide bonds. The maximum atomic E-state index is 15.3. The summed E-state index contributed by atoms with van der Waals surface area (Å²) < 4.78 is 6.14. The van der Waals surface area contributed by atoms with E-state index in [1.165, 1.54) is 47.8 Å². The topological polar surface area (TPSA) is 235 Å². The van der Waals surface area contributed by atoms with E-state index in [0.29, 0.717) is 24.8 Å². The minimum absolute atomic E-state index is 0.000712. The van der Waals surface area contributed by atoms with Crippen LogP contribution in [0.25, 0.3) is 0 Å². The Morgan fingerprint density at radius 1 is 0.544 bits per heavy atom. The number of likely N-dealkylation sites (N-methyl/N-ethyl adjacent to an activating group) is 4. The molecule has 2 aliphatic rings. The third-order valence-corrected chi connectivity index (χ3v) is 16.0. The number of carbonyl (C=O) groups excluding carboxylic acids is 9. The van der Waals surface area contributed by atoms with Crippen molar-refractivity contribution in [3.05, 3.63) is 71.8 Å². The van der Waals surface area contributed by atoms with Crippen LogP contribution in [0, 0.1) is 35.5 Å². The standard InChI is InChI=1S/C60H92N8O11/c1-16-38(9)47-58(76)65(13)48(36(5)6)53(71)61-43(31-35(3)4)56(74)67(15)50(40(11)34-69)60(78)79-51(39(10)17-2)59(77)66(14)49(37(7)8)54(72)62-44(32-41-25-20-18-21-26-41)55(73)64(12)46(33-42-27-22-19-23-28-42)57(75)68-30-24-29-45(68)52(70)63-47/h18-23,25-28,35-40,43-51,69H,16-17,24,29-34H2,1-15H3,(H,61,71)(H,62,72)(H,63,70)/t38-,39-,40+,43-,44-,45-,46-,47-,48-,49-,50-,51+/m0/s1. The van der Waals surface area contributed by atoms with Crippen LogP contribution in [-0.4, -0.2) is 179 Å². The lowest BCUT2D eigenvalue weighted by atomic mass is 9.94. The van der Waals surface area contributed by atoms with Crippen LogP contribution in [0.2, 0.25) is 0 Å². The second kappa shape index (κ2) is 29.7. The van der Waals surface area contributed by atoms with Crippen molar-refractivity contribution >= 4 is 53.2 Å². The Hall–Kier alpha value is -6.37. The molecule has 0 unspecified atom stereocenters. The molecule has 0 spiro atoms. The fourth-order valence-corrected chi connectivity index (χ4v) is 10.9. The molecule has 0 aliphatic carbocycles. The van der Waals surface area contributed by atoms with Gasteiger partial charge in [0.1, 0.15) is 48.3 Å². The Bertz CT molecular complexity index is 2400. The van der Waals surface area contributed by atoms with E-state index in [9.17, 15) is 38.7 Å². The largest absolute Gasteiger partial charge is 0.450 e. The van der Waals surface area contributed by atoms with E-state index in [1.807, 2.05) is 83.1 Å². The Kier molecular flexibility index (Phi) is 24.5. The highest BCUT2D eigenvalue weighted by Crippen LogP contribution is 2.27. The van der Waals surface area contributed by atoms with Crippen LogP contribution in [0.4, 0.5) is 0 Å². The monoisotopic (exact) mass is 1100 g/mol. The summed E-state index contributed by atoms with van der Waals surface area (Å²) in [6.07, 6.45) is 0.217. The fourth-order valence-electron chi connectivity index (χ4n) is 10.9. The first-order valence-corrected chi connectivity index (χ1v) is 28.4. The number of hydrogen-bond acceptors (Lipinski definition) is 11. The molecule has 79 heavy (non-hydrogen) atoms. The van der Waals surface area contributed by atoms with Crippen LogP contribution in [-0.2, 0) is 60.7 Å². The number of hydrogen-bond donors (Lipinski definition) is 4. The number of amides is 8. The van der Waals surface area contributed by atoms with Gasteiger partial charge in [0.05, 0.1) is 0 Å². The summed E-state index contributed by atoms with van der Waals surface area (Å²) >= 11 is 0. The van der Waals surface area contributed by atoms with Gasteiger partial charge in [0, 0.05) is 66.0 Å². The number of rotatable bonds is 14. The van der Waals surface area contributed by atoms with E-state index in [4.69, 9.17) is 4.74 Å². The summed E-state index contributed by atoms with van der Waals surface area (Å²) in [6.45, 7) is 19.1. The normalized spacial score (nSPS) is 26.7. The lowest BCUT2D eigenvalue weighted by molar-refractivity contribution is -0.172. The summed E-state index contributed by atoms with van der Waals surface area (Å²) in [5.74, 6) is -9.22. The molecule has 2 fully saturated rings. The van der Waals surface area contributed by atoms with Crippen molar-refractivity contribution in [1.29, 1.82) is 0 Å². The summed E-state index contributed by atoms with van der Waals surface area (Å²) in [5.41, 5.74) is 1.43. The smallest absolute Gasteiger partial charge is 0.330 e. The number of benzene rings is 2. The first-order valence-electron chi connectivity index (χ1n) is 28.4. The van der Waals surface area contributed by atoms with Gasteiger partial charge in [-0.05, 0) is 60.5 Å². The summed E-state index contributed by atoms with van der Waals surface area (Å²) in [4.78, 5) is 141. The zero-order valence-electron chi connectivity index (χ0n) is 49.6. The number of nitrogens with one attached hydrogen (secondary N) is 3. The van der Waals surface area contributed by atoms with E-state index < -0.39 is 144 Å². The predicted octanol–water partition coefficient (Wildman–Crippen LogP) is 4.23. The van der Waals surface area contributed by atoms with Crippen LogP contribution < -0.4 is 16.0 Å². The number of aliphatic hydroxyl groups excluding tert-OH is 1. The highest BCUT2D eigenvalue weighted by atomic mass is 16.6. The van der Waals surface area contributed by atoms with E-state index >= 15 is 9.59 Å². The summed E-state index contributed by atoms with van der Waals surface area (Å²) in [7, 11) is 5.76. The summed E-state index contributed by atoms with van der Waals surface area (Å²) in [6, 6.07) is 8.50. The molecule has 19 nitrogen and oxygen atoms in total. The Balaban J connectivity index is 1.97. The highest BCUT2D eigenvalue weighted by molar-refractivity contribution is 5.99. The number of esters is 1. The molecule has 2 heterocycles. The van der Waals surface area contributed by atoms with Gasteiger partial charge in [0.25, 0.3) is 5.91 Å². The van der Waals surface area contributed by atoms with Crippen molar-refractivity contribution in [2.45, 2.75) is 176 Å². The molecule has 438 valence electrons. The van der Waals surface area contributed by atoms with Gasteiger partial charge >= 0.3 is 5.97 Å². The van der Waals surface area contributed by atoms with Crippen LogP contribution in [0.15, 0.2) is 60.7 Å². The zero-order chi connectivity index (χ0) is 59.2. The molecule has 2 aliphatic heterocycles. The lowest BCUT2D eigenvalue weighted by Gasteiger charge is -2.38. The molecule has 12 atom stereocenters.